The number of anilines is 1. The summed E-state index contributed by atoms with van der Waals surface area (Å²) in [5.74, 6) is -0.256. The van der Waals surface area contributed by atoms with Gasteiger partial charge in [0.1, 0.15) is 6.61 Å². The van der Waals surface area contributed by atoms with Gasteiger partial charge in [0.25, 0.3) is 5.91 Å². The molecule has 1 amide bonds. The number of nitrogens with zero attached hydrogens (tertiary/aromatic N) is 1. The minimum absolute atomic E-state index is 0.0909. The third-order valence-corrected chi connectivity index (χ3v) is 4.53. The molecule has 0 unspecified atom stereocenters. The zero-order valence-electron chi connectivity index (χ0n) is 15.7. The fourth-order valence-corrected chi connectivity index (χ4v) is 3.00. The number of aryl methyl sites for hydroxylation is 1. The molecule has 6 heteroatoms. The maximum atomic E-state index is 12.5. The fraction of sp³-hybridized carbons (Fsp3) is 0.0870. The van der Waals surface area contributed by atoms with E-state index in [1.54, 1.807) is 43.3 Å². The molecule has 0 bridgehead atoms. The highest BCUT2D eigenvalue weighted by Gasteiger charge is 2.15. The molecule has 0 saturated carbocycles. The van der Waals surface area contributed by atoms with Crippen molar-refractivity contribution >= 4 is 22.5 Å². The van der Waals surface area contributed by atoms with Crippen LogP contribution < -0.4 is 15.7 Å². The van der Waals surface area contributed by atoms with Crippen molar-refractivity contribution in [2.24, 2.45) is 0 Å². The summed E-state index contributed by atoms with van der Waals surface area (Å²) in [5, 5.41) is 3.14. The van der Waals surface area contributed by atoms with Gasteiger partial charge in [-0.15, -0.1) is 0 Å². The average molecular weight is 386 g/mol. The first-order chi connectivity index (χ1) is 14.1. The van der Waals surface area contributed by atoms with Gasteiger partial charge in [-0.25, -0.2) is 4.79 Å². The molecule has 0 aliphatic heterocycles. The zero-order valence-corrected chi connectivity index (χ0v) is 15.7. The Balaban J connectivity index is 1.60. The molecule has 4 rings (SSSR count). The van der Waals surface area contributed by atoms with Crippen molar-refractivity contribution in [1.29, 1.82) is 0 Å². The van der Waals surface area contributed by atoms with Gasteiger partial charge in [0, 0.05) is 11.3 Å². The first kappa shape index (κ1) is 18.4. The van der Waals surface area contributed by atoms with E-state index in [-0.39, 0.29) is 18.6 Å². The van der Waals surface area contributed by atoms with Gasteiger partial charge in [0.2, 0.25) is 0 Å². The lowest BCUT2D eigenvalue weighted by Gasteiger charge is -2.11. The normalized spacial score (nSPS) is 10.7. The number of carbonyl (C=O) groups excluding carboxylic acids is 1. The highest BCUT2D eigenvalue weighted by molar-refractivity contribution is 6.05. The van der Waals surface area contributed by atoms with E-state index < -0.39 is 5.63 Å². The molecule has 4 aromatic rings. The number of ether oxygens (including phenoxy) is 1. The number of rotatable bonds is 5. The minimum atomic E-state index is -0.564. The van der Waals surface area contributed by atoms with Crippen molar-refractivity contribution in [3.63, 3.8) is 0 Å². The van der Waals surface area contributed by atoms with Crippen molar-refractivity contribution < 1.29 is 13.9 Å². The topological polar surface area (TPSA) is 81.4 Å². The first-order valence-electron chi connectivity index (χ1n) is 9.09. The van der Waals surface area contributed by atoms with E-state index in [0.717, 1.165) is 5.56 Å². The van der Waals surface area contributed by atoms with Gasteiger partial charge in [-0.05, 0) is 42.3 Å². The molecule has 144 valence electrons. The first-order valence-corrected chi connectivity index (χ1v) is 9.09. The molecule has 1 aromatic heterocycles. The molecular formula is C23H18N2O4. The Labute approximate surface area is 166 Å². The predicted molar refractivity (Wildman–Crippen MR) is 110 cm³/mol. The van der Waals surface area contributed by atoms with E-state index in [2.05, 4.69) is 10.3 Å². The summed E-state index contributed by atoms with van der Waals surface area (Å²) < 4.78 is 10.8. The second kappa shape index (κ2) is 7.98. The Hall–Kier alpha value is -3.93. The number of amides is 1. The lowest BCUT2D eigenvalue weighted by Crippen LogP contribution is -2.14. The maximum Gasteiger partial charge on any atom is 0.397 e. The number of hydrogen-bond donors (Lipinski definition) is 1. The summed E-state index contributed by atoms with van der Waals surface area (Å²) in [7, 11) is 0. The monoisotopic (exact) mass is 386 g/mol. The summed E-state index contributed by atoms with van der Waals surface area (Å²) in [5.41, 5.74) is 2.46. The van der Waals surface area contributed by atoms with Crippen LogP contribution in [0.4, 0.5) is 5.69 Å². The van der Waals surface area contributed by atoms with E-state index in [1.807, 2.05) is 36.4 Å². The summed E-state index contributed by atoms with van der Waals surface area (Å²) in [6, 6.07) is 21.8. The molecule has 0 atom stereocenters. The molecule has 29 heavy (non-hydrogen) atoms. The lowest BCUT2D eigenvalue weighted by molar-refractivity contribution is 0.102. The molecular weight excluding hydrogens is 368 g/mol. The van der Waals surface area contributed by atoms with Crippen molar-refractivity contribution in [3.05, 3.63) is 99.9 Å². The van der Waals surface area contributed by atoms with Gasteiger partial charge in [-0.2, -0.15) is 4.98 Å². The smallest absolute Gasteiger partial charge is 0.397 e. The summed E-state index contributed by atoms with van der Waals surface area (Å²) in [4.78, 5) is 29.2. The number of benzene rings is 3. The van der Waals surface area contributed by atoms with Crippen LogP contribution in [0.1, 0.15) is 21.5 Å². The Morgan fingerprint density at radius 1 is 1.00 bits per heavy atom. The summed E-state index contributed by atoms with van der Waals surface area (Å²) in [6.07, 6.45) is -0.0909. The van der Waals surface area contributed by atoms with E-state index in [1.165, 1.54) is 0 Å². The van der Waals surface area contributed by atoms with Crippen LogP contribution >= 0.6 is 0 Å². The van der Waals surface area contributed by atoms with Gasteiger partial charge in [-0.1, -0.05) is 48.5 Å². The van der Waals surface area contributed by atoms with Gasteiger partial charge in [0.15, 0.2) is 0 Å². The van der Waals surface area contributed by atoms with Crippen molar-refractivity contribution in [3.8, 4) is 6.08 Å². The molecule has 0 radical (unpaired) electrons. The third kappa shape index (κ3) is 4.01. The number of nitrogens with one attached hydrogen (secondary N) is 1. The quantitative estimate of drug-likeness (QED) is 0.552. The predicted octanol–water partition coefficient (Wildman–Crippen LogP) is 4.33. The Morgan fingerprint density at radius 3 is 2.41 bits per heavy atom. The van der Waals surface area contributed by atoms with Gasteiger partial charge in [0.05, 0.1) is 10.9 Å². The summed E-state index contributed by atoms with van der Waals surface area (Å²) in [6.45, 7) is 1.98. The summed E-state index contributed by atoms with van der Waals surface area (Å²) >= 11 is 0. The lowest BCUT2D eigenvalue weighted by atomic mass is 10.1. The van der Waals surface area contributed by atoms with Gasteiger partial charge in [-0.3, -0.25) is 4.79 Å². The zero-order chi connectivity index (χ0) is 20.2. The third-order valence-electron chi connectivity index (χ3n) is 4.53. The van der Waals surface area contributed by atoms with Crippen LogP contribution in [0, 0.1) is 6.92 Å². The fourth-order valence-electron chi connectivity index (χ4n) is 3.00. The molecule has 0 saturated heterocycles. The Bertz CT molecular complexity index is 1220. The van der Waals surface area contributed by atoms with Crippen LogP contribution in [0.25, 0.3) is 10.9 Å². The standard InChI is InChI=1S/C23H18N2O4/c1-15-18(24-21(26)17-10-6-3-7-11-17)12-13-19-20(15)22(27)29-23(25-19)28-14-16-8-4-2-5-9-16/h2-13H,14H2,1H3,(H,24,26). The number of hydrogen-bond acceptors (Lipinski definition) is 5. The van der Waals surface area contributed by atoms with Crippen LogP contribution in [0.5, 0.6) is 6.08 Å². The highest BCUT2D eigenvalue weighted by atomic mass is 16.6. The molecule has 0 aliphatic carbocycles. The number of carbonyl (C=O) groups is 1. The van der Waals surface area contributed by atoms with E-state index in [4.69, 9.17) is 9.15 Å². The molecule has 1 N–H and O–H groups in total. The van der Waals surface area contributed by atoms with E-state index in [9.17, 15) is 9.59 Å². The SMILES string of the molecule is Cc1c(NC(=O)c2ccccc2)ccc2nc(OCc3ccccc3)oc(=O)c12. The molecule has 0 spiro atoms. The number of fused-ring (bicyclic) bond motifs is 1. The van der Waals surface area contributed by atoms with Gasteiger partial charge < -0.3 is 14.5 Å². The van der Waals surface area contributed by atoms with Crippen LogP contribution in [0.15, 0.2) is 82.0 Å². The largest absolute Gasteiger partial charge is 0.445 e. The second-order valence-corrected chi connectivity index (χ2v) is 6.49. The molecule has 6 nitrogen and oxygen atoms in total. The Morgan fingerprint density at radius 2 is 1.69 bits per heavy atom. The molecule has 1 heterocycles. The molecule has 0 aliphatic rings. The van der Waals surface area contributed by atoms with Crippen molar-refractivity contribution in [2.75, 3.05) is 5.32 Å². The second-order valence-electron chi connectivity index (χ2n) is 6.49. The van der Waals surface area contributed by atoms with E-state index in [0.29, 0.717) is 27.7 Å². The van der Waals surface area contributed by atoms with Crippen LogP contribution in [0.2, 0.25) is 0 Å². The molecule has 0 fully saturated rings. The maximum absolute atomic E-state index is 12.5. The Kier molecular flexibility index (Phi) is 5.07. The average Bonchev–Trinajstić information content (AvgIpc) is 2.75. The number of aromatic nitrogens is 1. The minimum Gasteiger partial charge on any atom is -0.445 e. The van der Waals surface area contributed by atoms with Gasteiger partial charge >= 0.3 is 11.7 Å². The highest BCUT2D eigenvalue weighted by Crippen LogP contribution is 2.24. The van der Waals surface area contributed by atoms with Crippen LogP contribution in [-0.2, 0) is 6.61 Å². The van der Waals surface area contributed by atoms with Crippen LogP contribution in [-0.4, -0.2) is 10.9 Å². The van der Waals surface area contributed by atoms with Crippen LogP contribution in [0.3, 0.4) is 0 Å². The van der Waals surface area contributed by atoms with Crippen molar-refractivity contribution in [1.82, 2.24) is 4.98 Å². The molecule has 3 aromatic carbocycles. The van der Waals surface area contributed by atoms with E-state index >= 15 is 0 Å². The van der Waals surface area contributed by atoms with Crippen molar-refractivity contribution in [2.45, 2.75) is 13.5 Å².